The number of amidine groups is 1. The molecule has 0 spiro atoms. The number of rotatable bonds is 1. The van der Waals surface area contributed by atoms with Gasteiger partial charge in [0.2, 0.25) is 0 Å². The fourth-order valence-electron chi connectivity index (χ4n) is 2.24. The monoisotopic (exact) mass is 331 g/mol. The van der Waals surface area contributed by atoms with Crippen LogP contribution in [0.5, 0.6) is 0 Å². The molecule has 0 saturated heterocycles. The Morgan fingerprint density at radius 2 is 1.95 bits per heavy atom. The molecule has 1 aromatic rings. The van der Waals surface area contributed by atoms with E-state index in [4.69, 9.17) is 11.5 Å². The van der Waals surface area contributed by atoms with Crippen molar-refractivity contribution in [2.24, 2.45) is 27.4 Å². The molecule has 2 unspecified atom stereocenters. The molecular formula is C14H14BrN5. The number of nitrogens with two attached hydrogens (primary N) is 2. The lowest BCUT2D eigenvalue weighted by Crippen LogP contribution is -2.36. The number of hydrogen-bond donors (Lipinski definition) is 3. The number of nitrogens with zero attached hydrogens (tertiary/aromatic N) is 2. The topological polar surface area (TPSA) is 88.8 Å². The summed E-state index contributed by atoms with van der Waals surface area (Å²) in [5.74, 6) is 0.807. The van der Waals surface area contributed by atoms with Gasteiger partial charge in [0, 0.05) is 10.2 Å². The fourth-order valence-corrected chi connectivity index (χ4v) is 2.64. The molecule has 0 fully saturated rings. The van der Waals surface area contributed by atoms with Crippen LogP contribution < -0.4 is 16.8 Å². The second kappa shape index (κ2) is 5.13. The summed E-state index contributed by atoms with van der Waals surface area (Å²) in [5.41, 5.74) is 13.8. The lowest BCUT2D eigenvalue weighted by molar-refractivity contribution is 0.695. The maximum atomic E-state index is 5.89. The molecular weight excluding hydrogens is 318 g/mol. The molecule has 5 nitrogen and oxygen atoms in total. The minimum absolute atomic E-state index is 0.00807. The Labute approximate surface area is 125 Å². The van der Waals surface area contributed by atoms with Gasteiger partial charge in [0.15, 0.2) is 0 Å². The summed E-state index contributed by atoms with van der Waals surface area (Å²) in [4.78, 5) is 8.65. The second-order valence-electron chi connectivity index (χ2n) is 4.67. The first kappa shape index (κ1) is 12.9. The first-order chi connectivity index (χ1) is 9.63. The third-order valence-electron chi connectivity index (χ3n) is 3.26. The van der Waals surface area contributed by atoms with Crippen molar-refractivity contribution >= 4 is 33.8 Å². The van der Waals surface area contributed by atoms with Gasteiger partial charge in [0.05, 0.1) is 23.4 Å². The molecule has 1 aliphatic heterocycles. The van der Waals surface area contributed by atoms with Gasteiger partial charge in [-0.1, -0.05) is 22.0 Å². The average molecular weight is 332 g/mol. The van der Waals surface area contributed by atoms with E-state index in [-0.39, 0.29) is 12.0 Å². The lowest BCUT2D eigenvalue weighted by atomic mass is 9.90. The second-order valence-corrected chi connectivity index (χ2v) is 5.59. The summed E-state index contributed by atoms with van der Waals surface area (Å²) < 4.78 is 1.01. The van der Waals surface area contributed by atoms with Crippen molar-refractivity contribution in [3.8, 4) is 0 Å². The van der Waals surface area contributed by atoms with Crippen molar-refractivity contribution in [3.63, 3.8) is 0 Å². The third-order valence-corrected chi connectivity index (χ3v) is 3.75. The molecule has 0 amide bonds. The zero-order valence-electron chi connectivity index (χ0n) is 10.6. The summed E-state index contributed by atoms with van der Waals surface area (Å²) in [6.07, 6.45) is 5.33. The van der Waals surface area contributed by atoms with Crippen LogP contribution >= 0.6 is 15.9 Å². The molecule has 0 bridgehead atoms. The van der Waals surface area contributed by atoms with E-state index in [0.717, 1.165) is 16.0 Å². The maximum absolute atomic E-state index is 5.89. The highest BCUT2D eigenvalue weighted by molar-refractivity contribution is 9.10. The molecule has 0 radical (unpaired) electrons. The molecule has 6 heteroatoms. The van der Waals surface area contributed by atoms with Crippen molar-refractivity contribution in [2.45, 2.75) is 6.04 Å². The lowest BCUT2D eigenvalue weighted by Gasteiger charge is -2.28. The van der Waals surface area contributed by atoms with Gasteiger partial charge in [-0.3, -0.25) is 4.99 Å². The Hall–Kier alpha value is -2.08. The molecule has 2 atom stereocenters. The number of anilines is 1. The zero-order valence-corrected chi connectivity index (χ0v) is 12.2. The van der Waals surface area contributed by atoms with E-state index in [0.29, 0.717) is 11.4 Å². The van der Waals surface area contributed by atoms with Gasteiger partial charge in [-0.05, 0) is 30.4 Å². The molecule has 1 heterocycles. The number of nitrogens with one attached hydrogen (secondary N) is 1. The zero-order chi connectivity index (χ0) is 14.1. The van der Waals surface area contributed by atoms with Crippen LogP contribution in [0.3, 0.4) is 0 Å². The van der Waals surface area contributed by atoms with E-state index >= 15 is 0 Å². The Morgan fingerprint density at radius 3 is 2.75 bits per heavy atom. The number of benzene rings is 1. The van der Waals surface area contributed by atoms with Gasteiger partial charge >= 0.3 is 0 Å². The van der Waals surface area contributed by atoms with Crippen LogP contribution in [0.4, 0.5) is 5.69 Å². The molecule has 5 N–H and O–H groups in total. The van der Waals surface area contributed by atoms with Gasteiger partial charge < -0.3 is 16.8 Å². The number of aliphatic imine (C=N–C) groups is 2. The Balaban J connectivity index is 1.87. The van der Waals surface area contributed by atoms with Crippen LogP contribution in [0.2, 0.25) is 0 Å². The smallest absolute Gasteiger partial charge is 0.117 e. The van der Waals surface area contributed by atoms with Crippen LogP contribution in [-0.2, 0) is 0 Å². The molecule has 2 aliphatic rings. The van der Waals surface area contributed by atoms with Crippen LogP contribution in [0.1, 0.15) is 0 Å². The molecule has 0 saturated carbocycles. The highest BCUT2D eigenvalue weighted by Crippen LogP contribution is 2.25. The van der Waals surface area contributed by atoms with E-state index in [1.165, 1.54) is 0 Å². The number of fused-ring (bicyclic) bond motifs is 1. The molecule has 3 rings (SSSR count). The highest BCUT2D eigenvalue weighted by Gasteiger charge is 2.29. The first-order valence-corrected chi connectivity index (χ1v) is 6.99. The number of hydrogen-bond acceptors (Lipinski definition) is 5. The molecule has 102 valence electrons. The summed E-state index contributed by atoms with van der Waals surface area (Å²) in [6.45, 7) is 0. The van der Waals surface area contributed by atoms with Gasteiger partial charge in [0.1, 0.15) is 12.2 Å². The van der Waals surface area contributed by atoms with Gasteiger partial charge in [-0.15, -0.1) is 0 Å². The van der Waals surface area contributed by atoms with Gasteiger partial charge in [-0.25, -0.2) is 4.99 Å². The van der Waals surface area contributed by atoms with Crippen molar-refractivity contribution < 1.29 is 0 Å². The first-order valence-electron chi connectivity index (χ1n) is 6.20. The summed E-state index contributed by atoms with van der Waals surface area (Å²) in [5, 5.41) is 3.31. The quantitative estimate of drug-likeness (QED) is 0.735. The number of halogens is 1. The predicted octanol–water partition coefficient (Wildman–Crippen LogP) is 1.98. The van der Waals surface area contributed by atoms with Crippen LogP contribution in [0.15, 0.2) is 62.3 Å². The van der Waals surface area contributed by atoms with E-state index in [1.807, 2.05) is 36.4 Å². The standard InChI is InChI=1S/C14H14BrN5/c15-8-2-1-3-9(4-8)20-14-10-5-11(16)12(17)6-13(10)18-7-19-14/h1-7,10,13H,16-17H2,(H,18,19,20). The van der Waals surface area contributed by atoms with Crippen molar-refractivity contribution in [1.29, 1.82) is 0 Å². The Kier molecular flexibility index (Phi) is 3.31. The molecule has 1 aromatic carbocycles. The molecule has 20 heavy (non-hydrogen) atoms. The summed E-state index contributed by atoms with van der Waals surface area (Å²) in [6, 6.07) is 7.86. The highest BCUT2D eigenvalue weighted by atomic mass is 79.9. The fraction of sp³-hybridized carbons (Fsp3) is 0.143. The van der Waals surface area contributed by atoms with E-state index in [2.05, 4.69) is 31.2 Å². The summed E-state index contributed by atoms with van der Waals surface area (Å²) in [7, 11) is 0. The maximum Gasteiger partial charge on any atom is 0.117 e. The largest absolute Gasteiger partial charge is 0.397 e. The summed E-state index contributed by atoms with van der Waals surface area (Å²) >= 11 is 3.45. The van der Waals surface area contributed by atoms with Crippen LogP contribution in [0, 0.1) is 5.92 Å². The minimum atomic E-state index is -0.0468. The van der Waals surface area contributed by atoms with E-state index in [1.54, 1.807) is 6.34 Å². The predicted molar refractivity (Wildman–Crippen MR) is 85.5 cm³/mol. The minimum Gasteiger partial charge on any atom is -0.397 e. The van der Waals surface area contributed by atoms with E-state index in [9.17, 15) is 0 Å². The van der Waals surface area contributed by atoms with E-state index < -0.39 is 0 Å². The Morgan fingerprint density at radius 1 is 1.15 bits per heavy atom. The van der Waals surface area contributed by atoms with Crippen LogP contribution in [-0.4, -0.2) is 18.2 Å². The third kappa shape index (κ3) is 2.46. The van der Waals surface area contributed by atoms with Crippen LogP contribution in [0.25, 0.3) is 0 Å². The van der Waals surface area contributed by atoms with Gasteiger partial charge in [-0.2, -0.15) is 0 Å². The normalized spacial score (nSPS) is 24.4. The SMILES string of the molecule is NC1=CC2N=CN=C(Nc3cccc(Br)c3)C2C=C1N. The molecule has 0 aromatic heterocycles. The average Bonchev–Trinajstić information content (AvgIpc) is 2.41. The molecule has 1 aliphatic carbocycles. The Bertz CT molecular complexity index is 659. The van der Waals surface area contributed by atoms with Crippen molar-refractivity contribution in [3.05, 3.63) is 52.3 Å². The van der Waals surface area contributed by atoms with Crippen molar-refractivity contribution in [2.75, 3.05) is 5.32 Å². The van der Waals surface area contributed by atoms with Gasteiger partial charge in [0.25, 0.3) is 0 Å². The van der Waals surface area contributed by atoms with Crippen molar-refractivity contribution in [1.82, 2.24) is 0 Å².